The third kappa shape index (κ3) is 4.34. The Hall–Kier alpha value is -1.82. The van der Waals surface area contributed by atoms with E-state index in [4.69, 9.17) is 9.15 Å². The van der Waals surface area contributed by atoms with Crippen LogP contribution >= 0.6 is 11.8 Å². The van der Waals surface area contributed by atoms with Gasteiger partial charge >= 0.3 is 5.97 Å². The van der Waals surface area contributed by atoms with E-state index in [1.54, 1.807) is 0 Å². The Bertz CT molecular complexity index is 638. The number of ether oxygens (including phenoxy) is 1. The molecule has 1 aliphatic rings. The molecule has 0 radical (unpaired) electrons. The Balaban J connectivity index is 1.56. The average molecular weight is 332 g/mol. The Labute approximate surface area is 139 Å². The lowest BCUT2D eigenvalue weighted by Crippen LogP contribution is -2.26. The highest BCUT2D eigenvalue weighted by atomic mass is 32.2. The second-order valence-corrected chi connectivity index (χ2v) is 6.99. The molecule has 2 aromatic rings. The summed E-state index contributed by atoms with van der Waals surface area (Å²) in [5.74, 6) is 0.252. The molecule has 3 rings (SSSR count). The topological polar surface area (TPSA) is 65.2 Å². The van der Waals surface area contributed by atoms with Crippen molar-refractivity contribution in [1.29, 1.82) is 0 Å². The molecule has 1 atom stereocenters. The summed E-state index contributed by atoms with van der Waals surface area (Å²) in [7, 11) is 0. The van der Waals surface area contributed by atoms with Gasteiger partial charge in [0.05, 0.1) is 0 Å². The molecular weight excluding hydrogens is 312 g/mol. The van der Waals surface area contributed by atoms with Crippen molar-refractivity contribution in [1.82, 2.24) is 10.2 Å². The second kappa shape index (κ2) is 7.64. The quantitative estimate of drug-likeness (QED) is 0.607. The van der Waals surface area contributed by atoms with Gasteiger partial charge in [-0.15, -0.1) is 10.2 Å². The normalized spacial score (nSPS) is 16.9. The SMILES string of the molecule is CC(Sc1nnc(-c2ccccc2)o1)C(=O)OC1CCCCC1. The Morgan fingerprint density at radius 3 is 2.70 bits per heavy atom. The highest BCUT2D eigenvalue weighted by Gasteiger charge is 2.24. The van der Waals surface area contributed by atoms with Crippen molar-refractivity contribution in [2.75, 3.05) is 0 Å². The zero-order valence-corrected chi connectivity index (χ0v) is 13.9. The van der Waals surface area contributed by atoms with E-state index in [9.17, 15) is 4.79 Å². The maximum Gasteiger partial charge on any atom is 0.319 e. The standard InChI is InChI=1S/C17H20N2O3S/c1-12(16(20)21-14-10-6-3-7-11-14)23-17-19-18-15(22-17)13-8-4-2-5-9-13/h2,4-5,8-9,12,14H,3,6-7,10-11H2,1H3. The predicted octanol–water partition coefficient (Wildman–Crippen LogP) is 4.09. The van der Waals surface area contributed by atoms with Gasteiger partial charge in [0.15, 0.2) is 0 Å². The van der Waals surface area contributed by atoms with Gasteiger partial charge in [-0.25, -0.2) is 0 Å². The van der Waals surface area contributed by atoms with E-state index in [1.165, 1.54) is 18.2 Å². The fourth-order valence-corrected chi connectivity index (χ4v) is 3.27. The molecule has 1 unspecified atom stereocenters. The summed E-state index contributed by atoms with van der Waals surface area (Å²) in [5.41, 5.74) is 0.865. The molecule has 1 aromatic heterocycles. The molecule has 0 N–H and O–H groups in total. The van der Waals surface area contributed by atoms with Gasteiger partial charge in [0.1, 0.15) is 11.4 Å². The minimum absolute atomic E-state index is 0.0712. The van der Waals surface area contributed by atoms with Crippen LogP contribution in [0.25, 0.3) is 11.5 Å². The van der Waals surface area contributed by atoms with Crippen LogP contribution in [0.5, 0.6) is 0 Å². The summed E-state index contributed by atoms with van der Waals surface area (Å²) in [6.07, 6.45) is 5.54. The van der Waals surface area contributed by atoms with E-state index in [1.807, 2.05) is 37.3 Å². The van der Waals surface area contributed by atoms with Gasteiger partial charge in [0.25, 0.3) is 5.22 Å². The first kappa shape index (κ1) is 16.1. The maximum atomic E-state index is 12.2. The van der Waals surface area contributed by atoms with Crippen LogP contribution < -0.4 is 0 Å². The number of benzene rings is 1. The van der Waals surface area contributed by atoms with Crippen LogP contribution in [0, 0.1) is 0 Å². The van der Waals surface area contributed by atoms with Crippen molar-refractivity contribution < 1.29 is 13.9 Å². The molecule has 1 saturated carbocycles. The second-order valence-electron chi connectivity index (χ2n) is 5.70. The van der Waals surface area contributed by atoms with E-state index < -0.39 is 0 Å². The van der Waals surface area contributed by atoms with Crippen molar-refractivity contribution in [2.45, 2.75) is 55.6 Å². The smallest absolute Gasteiger partial charge is 0.319 e. The average Bonchev–Trinajstić information content (AvgIpc) is 3.05. The minimum atomic E-state index is -0.360. The summed E-state index contributed by atoms with van der Waals surface area (Å²) in [4.78, 5) is 12.2. The number of rotatable bonds is 5. The zero-order valence-electron chi connectivity index (χ0n) is 13.1. The molecule has 0 bridgehead atoms. The molecule has 1 aliphatic carbocycles. The van der Waals surface area contributed by atoms with E-state index in [-0.39, 0.29) is 17.3 Å². The first-order valence-electron chi connectivity index (χ1n) is 7.98. The third-order valence-electron chi connectivity index (χ3n) is 3.87. The molecule has 1 heterocycles. The molecule has 122 valence electrons. The summed E-state index contributed by atoms with van der Waals surface area (Å²) in [6, 6.07) is 9.57. The molecule has 5 nitrogen and oxygen atoms in total. The molecule has 1 aromatic carbocycles. The molecule has 6 heteroatoms. The molecule has 0 amide bonds. The molecule has 0 spiro atoms. The third-order valence-corrected chi connectivity index (χ3v) is 4.78. The number of thioether (sulfide) groups is 1. The number of carbonyl (C=O) groups is 1. The van der Waals surface area contributed by atoms with Crippen molar-refractivity contribution in [3.63, 3.8) is 0 Å². The van der Waals surface area contributed by atoms with E-state index in [0.717, 1.165) is 31.2 Å². The molecule has 0 saturated heterocycles. The van der Waals surface area contributed by atoms with E-state index in [0.29, 0.717) is 11.1 Å². The Morgan fingerprint density at radius 2 is 1.96 bits per heavy atom. The summed E-state index contributed by atoms with van der Waals surface area (Å²) < 4.78 is 11.2. The number of nitrogens with zero attached hydrogens (tertiary/aromatic N) is 2. The lowest BCUT2D eigenvalue weighted by atomic mass is 9.98. The van der Waals surface area contributed by atoms with Crippen LogP contribution in [-0.4, -0.2) is 27.5 Å². The van der Waals surface area contributed by atoms with Crippen LogP contribution in [0.3, 0.4) is 0 Å². The number of hydrogen-bond donors (Lipinski definition) is 0. The first-order chi connectivity index (χ1) is 11.2. The minimum Gasteiger partial charge on any atom is -0.462 e. The Morgan fingerprint density at radius 1 is 1.22 bits per heavy atom. The number of aromatic nitrogens is 2. The highest BCUT2D eigenvalue weighted by Crippen LogP contribution is 2.28. The lowest BCUT2D eigenvalue weighted by molar-refractivity contribution is -0.149. The predicted molar refractivity (Wildman–Crippen MR) is 88.0 cm³/mol. The summed E-state index contributed by atoms with van der Waals surface area (Å²) in [6.45, 7) is 1.81. The largest absolute Gasteiger partial charge is 0.462 e. The molecule has 23 heavy (non-hydrogen) atoms. The fraction of sp³-hybridized carbons (Fsp3) is 0.471. The summed E-state index contributed by atoms with van der Waals surface area (Å²) >= 11 is 1.24. The van der Waals surface area contributed by atoms with Gasteiger partial charge in [0.2, 0.25) is 5.89 Å². The van der Waals surface area contributed by atoms with Crippen molar-refractivity contribution in [2.24, 2.45) is 0 Å². The molecule has 0 aliphatic heterocycles. The van der Waals surface area contributed by atoms with Crippen molar-refractivity contribution in [3.05, 3.63) is 30.3 Å². The van der Waals surface area contributed by atoms with Crippen molar-refractivity contribution in [3.8, 4) is 11.5 Å². The van der Waals surface area contributed by atoms with Crippen LogP contribution in [0.4, 0.5) is 0 Å². The van der Waals surface area contributed by atoms with Gasteiger partial charge in [-0.3, -0.25) is 4.79 Å². The van der Waals surface area contributed by atoms with E-state index >= 15 is 0 Å². The first-order valence-corrected chi connectivity index (χ1v) is 8.86. The van der Waals surface area contributed by atoms with Gasteiger partial charge in [-0.05, 0) is 44.7 Å². The van der Waals surface area contributed by atoms with Crippen LogP contribution in [0.2, 0.25) is 0 Å². The zero-order chi connectivity index (χ0) is 16.1. The molecule has 1 fully saturated rings. The van der Waals surface area contributed by atoms with Gasteiger partial charge in [0, 0.05) is 5.56 Å². The van der Waals surface area contributed by atoms with Crippen molar-refractivity contribution >= 4 is 17.7 Å². The summed E-state index contributed by atoms with van der Waals surface area (Å²) in [5, 5.41) is 8.05. The van der Waals surface area contributed by atoms with E-state index in [2.05, 4.69) is 10.2 Å². The van der Waals surface area contributed by atoms with Crippen LogP contribution in [0.15, 0.2) is 40.0 Å². The van der Waals surface area contributed by atoms with Gasteiger partial charge < -0.3 is 9.15 Å². The fourth-order valence-electron chi connectivity index (χ4n) is 2.60. The molecular formula is C17H20N2O3S. The van der Waals surface area contributed by atoms with Crippen LogP contribution in [-0.2, 0) is 9.53 Å². The van der Waals surface area contributed by atoms with Crippen LogP contribution in [0.1, 0.15) is 39.0 Å². The maximum absolute atomic E-state index is 12.2. The Kier molecular flexibility index (Phi) is 5.33. The van der Waals surface area contributed by atoms with Gasteiger partial charge in [-0.2, -0.15) is 0 Å². The highest BCUT2D eigenvalue weighted by molar-refractivity contribution is 8.00. The lowest BCUT2D eigenvalue weighted by Gasteiger charge is -2.22. The number of esters is 1. The monoisotopic (exact) mass is 332 g/mol. The number of hydrogen-bond acceptors (Lipinski definition) is 6. The van der Waals surface area contributed by atoms with Gasteiger partial charge in [-0.1, -0.05) is 36.4 Å². The number of carbonyl (C=O) groups excluding carboxylic acids is 1.